The Labute approximate surface area is 157 Å². The fourth-order valence-corrected chi connectivity index (χ4v) is 4.06. The number of benzene rings is 2. The number of nitrogens with zero attached hydrogens (tertiary/aromatic N) is 2. The van der Waals surface area contributed by atoms with Crippen molar-refractivity contribution in [2.24, 2.45) is 5.73 Å². The highest BCUT2D eigenvalue weighted by Gasteiger charge is 2.23. The Morgan fingerprint density at radius 1 is 1.23 bits per heavy atom. The summed E-state index contributed by atoms with van der Waals surface area (Å²) in [6, 6.07) is 12.1. The fraction of sp³-hybridized carbons (Fsp3) is 0.300. The summed E-state index contributed by atoms with van der Waals surface area (Å²) in [7, 11) is 0. The Kier molecular flexibility index (Phi) is 4.38. The van der Waals surface area contributed by atoms with Crippen LogP contribution in [0, 0.1) is 0 Å². The molecule has 0 aliphatic heterocycles. The van der Waals surface area contributed by atoms with Crippen molar-refractivity contribution in [1.82, 2.24) is 9.36 Å². The third-order valence-electron chi connectivity index (χ3n) is 4.60. The van der Waals surface area contributed by atoms with Gasteiger partial charge < -0.3 is 16.2 Å². The molecule has 1 aliphatic carbocycles. The zero-order chi connectivity index (χ0) is 18.3. The lowest BCUT2D eigenvalue weighted by Gasteiger charge is -2.12. The van der Waals surface area contributed by atoms with E-state index in [2.05, 4.69) is 16.5 Å². The molecule has 0 saturated heterocycles. The third-order valence-corrected chi connectivity index (χ3v) is 5.37. The topological polar surface area (TPSA) is 87.0 Å². The van der Waals surface area contributed by atoms with Crippen LogP contribution in [0.15, 0.2) is 36.4 Å². The zero-order valence-corrected chi connectivity index (χ0v) is 15.7. The van der Waals surface area contributed by atoms with Crippen LogP contribution in [-0.4, -0.2) is 15.5 Å². The molecule has 5 nitrogen and oxygen atoms in total. The molecule has 0 fully saturated rings. The fourth-order valence-electron chi connectivity index (χ4n) is 3.39. The minimum absolute atomic E-state index is 0.0860. The molecule has 0 bridgehead atoms. The highest BCUT2D eigenvalue weighted by molar-refractivity contribution is 7.09. The first-order valence-electron chi connectivity index (χ1n) is 8.81. The van der Waals surface area contributed by atoms with Crippen molar-refractivity contribution >= 4 is 17.2 Å². The van der Waals surface area contributed by atoms with Gasteiger partial charge in [0, 0.05) is 17.2 Å². The molecule has 1 heterocycles. The molecule has 134 valence electrons. The predicted molar refractivity (Wildman–Crippen MR) is 106 cm³/mol. The van der Waals surface area contributed by atoms with E-state index in [1.165, 1.54) is 22.7 Å². The minimum Gasteiger partial charge on any atom is -0.489 e. The SMILES string of the molecule is CC(C)Oc1ccc(-c2nc(-c3cccc4c3CCC4N)ns2)cc1N. The first kappa shape index (κ1) is 17.0. The summed E-state index contributed by atoms with van der Waals surface area (Å²) in [6.07, 6.45) is 2.05. The monoisotopic (exact) mass is 366 g/mol. The lowest BCUT2D eigenvalue weighted by molar-refractivity contribution is 0.244. The molecule has 4 N–H and O–H groups in total. The number of nitrogens with two attached hydrogens (primary N) is 2. The third kappa shape index (κ3) is 3.06. The lowest BCUT2D eigenvalue weighted by atomic mass is 10.0. The van der Waals surface area contributed by atoms with Gasteiger partial charge in [-0.05, 0) is 67.5 Å². The molecule has 0 saturated carbocycles. The van der Waals surface area contributed by atoms with Crippen molar-refractivity contribution in [3.63, 3.8) is 0 Å². The van der Waals surface area contributed by atoms with E-state index in [0.717, 1.165) is 34.8 Å². The highest BCUT2D eigenvalue weighted by Crippen LogP contribution is 2.37. The van der Waals surface area contributed by atoms with Crippen LogP contribution in [0.25, 0.3) is 22.0 Å². The molecule has 2 aromatic carbocycles. The van der Waals surface area contributed by atoms with Crippen molar-refractivity contribution < 1.29 is 4.74 Å². The Balaban J connectivity index is 1.67. The van der Waals surface area contributed by atoms with Crippen LogP contribution >= 0.6 is 11.5 Å². The van der Waals surface area contributed by atoms with Crippen molar-refractivity contribution in [3.8, 4) is 27.7 Å². The van der Waals surface area contributed by atoms with Gasteiger partial charge in [-0.25, -0.2) is 4.98 Å². The molecule has 1 atom stereocenters. The maximum atomic E-state index is 6.19. The van der Waals surface area contributed by atoms with Crippen LogP contribution in [0.5, 0.6) is 5.75 Å². The number of nitrogen functional groups attached to an aromatic ring is 1. The number of ether oxygens (including phenoxy) is 1. The molecule has 1 unspecified atom stereocenters. The number of hydrogen-bond donors (Lipinski definition) is 2. The molecule has 1 aliphatic rings. The Bertz CT molecular complexity index is 951. The van der Waals surface area contributed by atoms with Crippen LogP contribution in [-0.2, 0) is 6.42 Å². The molecule has 0 radical (unpaired) electrons. The van der Waals surface area contributed by atoms with E-state index in [9.17, 15) is 0 Å². The minimum atomic E-state index is 0.0860. The maximum absolute atomic E-state index is 6.19. The molecule has 3 aromatic rings. The van der Waals surface area contributed by atoms with Crippen molar-refractivity contribution in [2.45, 2.75) is 38.8 Å². The second-order valence-corrected chi connectivity index (χ2v) is 7.61. The number of fused-ring (bicyclic) bond motifs is 1. The smallest absolute Gasteiger partial charge is 0.173 e. The first-order valence-corrected chi connectivity index (χ1v) is 9.58. The van der Waals surface area contributed by atoms with E-state index in [0.29, 0.717) is 11.4 Å². The predicted octanol–water partition coefficient (Wildman–Crippen LogP) is 4.19. The number of aromatic nitrogens is 2. The Morgan fingerprint density at radius 3 is 2.85 bits per heavy atom. The van der Waals surface area contributed by atoms with Crippen LogP contribution in [0.2, 0.25) is 0 Å². The largest absolute Gasteiger partial charge is 0.489 e. The number of hydrogen-bond acceptors (Lipinski definition) is 6. The van der Waals surface area contributed by atoms with Crippen molar-refractivity contribution in [3.05, 3.63) is 47.5 Å². The van der Waals surface area contributed by atoms with Gasteiger partial charge in [-0.1, -0.05) is 18.2 Å². The summed E-state index contributed by atoms with van der Waals surface area (Å²) in [6.45, 7) is 3.96. The van der Waals surface area contributed by atoms with E-state index in [1.54, 1.807) is 0 Å². The maximum Gasteiger partial charge on any atom is 0.173 e. The average molecular weight is 366 g/mol. The van der Waals surface area contributed by atoms with Crippen LogP contribution < -0.4 is 16.2 Å². The quantitative estimate of drug-likeness (QED) is 0.676. The highest BCUT2D eigenvalue weighted by atomic mass is 32.1. The van der Waals surface area contributed by atoms with E-state index in [1.807, 2.05) is 38.1 Å². The van der Waals surface area contributed by atoms with E-state index in [-0.39, 0.29) is 12.1 Å². The van der Waals surface area contributed by atoms with Crippen molar-refractivity contribution in [2.75, 3.05) is 5.73 Å². The molecule has 0 amide bonds. The average Bonchev–Trinajstić information content (AvgIpc) is 3.24. The van der Waals surface area contributed by atoms with Crippen LogP contribution in [0.1, 0.15) is 37.4 Å². The van der Waals surface area contributed by atoms with Gasteiger partial charge in [-0.15, -0.1) is 0 Å². The van der Waals surface area contributed by atoms with Gasteiger partial charge in [0.1, 0.15) is 10.8 Å². The number of anilines is 1. The van der Waals surface area contributed by atoms with E-state index in [4.69, 9.17) is 21.2 Å². The Hall–Kier alpha value is -2.44. The zero-order valence-electron chi connectivity index (χ0n) is 14.9. The molecule has 1 aromatic heterocycles. The lowest BCUT2D eigenvalue weighted by Crippen LogP contribution is -2.07. The molecule has 26 heavy (non-hydrogen) atoms. The van der Waals surface area contributed by atoms with Gasteiger partial charge in [-0.3, -0.25) is 0 Å². The van der Waals surface area contributed by atoms with Gasteiger partial charge in [0.25, 0.3) is 0 Å². The molecular formula is C20H22N4OS. The van der Waals surface area contributed by atoms with Crippen LogP contribution in [0.4, 0.5) is 5.69 Å². The summed E-state index contributed by atoms with van der Waals surface area (Å²) in [4.78, 5) is 4.76. The summed E-state index contributed by atoms with van der Waals surface area (Å²) >= 11 is 1.38. The van der Waals surface area contributed by atoms with E-state index < -0.39 is 0 Å². The summed E-state index contributed by atoms with van der Waals surface area (Å²) < 4.78 is 10.3. The van der Waals surface area contributed by atoms with Crippen LogP contribution in [0.3, 0.4) is 0 Å². The molecular weight excluding hydrogens is 344 g/mol. The van der Waals surface area contributed by atoms with Gasteiger partial charge >= 0.3 is 0 Å². The Morgan fingerprint density at radius 2 is 2.08 bits per heavy atom. The van der Waals surface area contributed by atoms with Gasteiger partial charge in [0.05, 0.1) is 11.8 Å². The van der Waals surface area contributed by atoms with Gasteiger partial charge in [-0.2, -0.15) is 4.37 Å². The second-order valence-electron chi connectivity index (χ2n) is 6.86. The normalized spacial score (nSPS) is 16.1. The molecule has 4 rings (SSSR count). The van der Waals surface area contributed by atoms with E-state index >= 15 is 0 Å². The van der Waals surface area contributed by atoms with Gasteiger partial charge in [0.15, 0.2) is 5.82 Å². The second kappa shape index (κ2) is 6.70. The van der Waals surface area contributed by atoms with Gasteiger partial charge in [0.2, 0.25) is 0 Å². The molecule has 0 spiro atoms. The standard InChI is InChI=1S/C20H22N4OS/c1-11(2)25-18-9-6-12(10-17(18)22)20-23-19(24-26-20)15-5-3-4-14-13(15)7-8-16(14)21/h3-6,9-11,16H,7-8,21-22H2,1-2H3. The summed E-state index contributed by atoms with van der Waals surface area (Å²) in [5, 5.41) is 0.850. The number of rotatable bonds is 4. The first-order chi connectivity index (χ1) is 12.5. The van der Waals surface area contributed by atoms with Crippen molar-refractivity contribution in [1.29, 1.82) is 0 Å². The summed E-state index contributed by atoms with van der Waals surface area (Å²) in [5.74, 6) is 1.46. The molecule has 6 heteroatoms. The summed E-state index contributed by atoms with van der Waals surface area (Å²) in [5.41, 5.74) is 17.5.